The molecule has 4 nitrogen and oxygen atoms in total. The van der Waals surface area contributed by atoms with E-state index in [-0.39, 0.29) is 6.29 Å². The second-order valence-corrected chi connectivity index (χ2v) is 3.68. The normalized spacial score (nSPS) is 18.7. The van der Waals surface area contributed by atoms with Crippen LogP contribution >= 0.6 is 0 Å². The fourth-order valence-electron chi connectivity index (χ4n) is 1.72. The van der Waals surface area contributed by atoms with Crippen LogP contribution in [0.2, 0.25) is 0 Å². The summed E-state index contributed by atoms with van der Waals surface area (Å²) in [7, 11) is 0. The smallest absolute Gasteiger partial charge is 0.170 e. The van der Waals surface area contributed by atoms with Gasteiger partial charge in [-0.25, -0.2) is 0 Å². The molecule has 0 unspecified atom stereocenters. The lowest BCUT2D eigenvalue weighted by Gasteiger charge is -2.29. The Balaban J connectivity index is 2.27. The van der Waals surface area contributed by atoms with Gasteiger partial charge in [0.05, 0.1) is 0 Å². The molecule has 0 aromatic heterocycles. The van der Waals surface area contributed by atoms with E-state index < -0.39 is 0 Å². The molecule has 1 rings (SSSR count). The molecule has 1 saturated heterocycles. The minimum absolute atomic E-state index is 0.145. The standard InChI is InChI=1S/C11H21NO3/c1-3-14-11(15-4-2)9-12-7-5-10(13)6-8-12/h11H,3-9H2,1-2H3. The van der Waals surface area contributed by atoms with Crippen LogP contribution in [0.3, 0.4) is 0 Å². The van der Waals surface area contributed by atoms with Crippen molar-refractivity contribution in [2.45, 2.75) is 33.0 Å². The lowest BCUT2D eigenvalue weighted by atomic mass is 10.1. The molecule has 15 heavy (non-hydrogen) atoms. The lowest BCUT2D eigenvalue weighted by Crippen LogP contribution is -2.40. The Kier molecular flexibility index (Phi) is 5.83. The number of ketones is 1. The van der Waals surface area contributed by atoms with Crippen molar-refractivity contribution in [3.63, 3.8) is 0 Å². The molecular weight excluding hydrogens is 194 g/mol. The predicted molar refractivity (Wildman–Crippen MR) is 57.7 cm³/mol. The summed E-state index contributed by atoms with van der Waals surface area (Å²) in [6.07, 6.45) is 1.20. The van der Waals surface area contributed by atoms with Crippen molar-refractivity contribution >= 4 is 5.78 Å². The molecule has 88 valence electrons. The van der Waals surface area contributed by atoms with Gasteiger partial charge in [-0.15, -0.1) is 0 Å². The molecular formula is C11H21NO3. The molecule has 0 aromatic rings. The molecule has 0 N–H and O–H groups in total. The minimum Gasteiger partial charge on any atom is -0.352 e. The van der Waals surface area contributed by atoms with Crippen LogP contribution in [-0.2, 0) is 14.3 Å². The fraction of sp³-hybridized carbons (Fsp3) is 0.909. The van der Waals surface area contributed by atoms with Crippen LogP contribution in [0.1, 0.15) is 26.7 Å². The minimum atomic E-state index is -0.145. The molecule has 0 atom stereocenters. The van der Waals surface area contributed by atoms with Crippen LogP contribution in [0, 0.1) is 0 Å². The highest BCUT2D eigenvalue weighted by molar-refractivity contribution is 5.79. The Bertz CT molecular complexity index is 180. The number of nitrogens with zero attached hydrogens (tertiary/aromatic N) is 1. The van der Waals surface area contributed by atoms with E-state index in [9.17, 15) is 4.79 Å². The SMILES string of the molecule is CCOC(CN1CCC(=O)CC1)OCC. The zero-order valence-corrected chi connectivity index (χ0v) is 9.70. The van der Waals surface area contributed by atoms with Crippen LogP contribution in [0.15, 0.2) is 0 Å². The first-order chi connectivity index (χ1) is 7.26. The molecule has 0 spiro atoms. The summed E-state index contributed by atoms with van der Waals surface area (Å²) < 4.78 is 10.9. The number of carbonyl (C=O) groups excluding carboxylic acids is 1. The maximum Gasteiger partial charge on any atom is 0.170 e. The third-order valence-electron chi connectivity index (χ3n) is 2.53. The molecule has 0 radical (unpaired) electrons. The Morgan fingerprint density at radius 2 is 1.73 bits per heavy atom. The summed E-state index contributed by atoms with van der Waals surface area (Å²) in [4.78, 5) is 13.3. The Labute approximate surface area is 91.5 Å². The van der Waals surface area contributed by atoms with Gasteiger partial charge in [0.25, 0.3) is 0 Å². The van der Waals surface area contributed by atoms with Crippen molar-refractivity contribution in [1.29, 1.82) is 0 Å². The van der Waals surface area contributed by atoms with E-state index in [1.807, 2.05) is 13.8 Å². The number of hydrogen-bond donors (Lipinski definition) is 0. The van der Waals surface area contributed by atoms with Crippen LogP contribution in [0.4, 0.5) is 0 Å². The molecule has 4 heteroatoms. The number of carbonyl (C=O) groups is 1. The first-order valence-electron chi connectivity index (χ1n) is 5.73. The van der Waals surface area contributed by atoms with E-state index >= 15 is 0 Å². The van der Waals surface area contributed by atoms with E-state index in [0.29, 0.717) is 31.8 Å². The molecule has 0 bridgehead atoms. The van der Waals surface area contributed by atoms with Gasteiger partial charge in [0.15, 0.2) is 6.29 Å². The van der Waals surface area contributed by atoms with Crippen molar-refractivity contribution in [2.24, 2.45) is 0 Å². The van der Waals surface area contributed by atoms with Crippen LogP contribution in [-0.4, -0.2) is 49.8 Å². The molecule has 1 fully saturated rings. The number of Topliss-reactive ketones (excluding diaryl/α,β-unsaturated/α-hetero) is 1. The van der Waals surface area contributed by atoms with Gasteiger partial charge in [-0.2, -0.15) is 0 Å². The second kappa shape index (κ2) is 6.93. The highest BCUT2D eigenvalue weighted by Crippen LogP contribution is 2.08. The molecule has 0 saturated carbocycles. The van der Waals surface area contributed by atoms with Gasteiger partial charge in [0, 0.05) is 45.7 Å². The van der Waals surface area contributed by atoms with E-state index in [1.54, 1.807) is 0 Å². The van der Waals surface area contributed by atoms with Gasteiger partial charge in [-0.1, -0.05) is 0 Å². The van der Waals surface area contributed by atoms with Crippen LogP contribution in [0.5, 0.6) is 0 Å². The summed E-state index contributed by atoms with van der Waals surface area (Å²) in [6.45, 7) is 7.71. The zero-order chi connectivity index (χ0) is 11.1. The zero-order valence-electron chi connectivity index (χ0n) is 9.70. The van der Waals surface area contributed by atoms with Crippen molar-refractivity contribution in [3.05, 3.63) is 0 Å². The van der Waals surface area contributed by atoms with Gasteiger partial charge in [0.2, 0.25) is 0 Å². The monoisotopic (exact) mass is 215 g/mol. The quantitative estimate of drug-likeness (QED) is 0.621. The summed E-state index contributed by atoms with van der Waals surface area (Å²) in [5, 5.41) is 0. The Hall–Kier alpha value is -0.450. The first-order valence-corrected chi connectivity index (χ1v) is 5.73. The summed E-state index contributed by atoms with van der Waals surface area (Å²) in [5.74, 6) is 0.371. The fourth-order valence-corrected chi connectivity index (χ4v) is 1.72. The second-order valence-electron chi connectivity index (χ2n) is 3.68. The van der Waals surface area contributed by atoms with Crippen molar-refractivity contribution in [1.82, 2.24) is 4.90 Å². The highest BCUT2D eigenvalue weighted by Gasteiger charge is 2.19. The highest BCUT2D eigenvalue weighted by atomic mass is 16.7. The molecule has 0 amide bonds. The number of hydrogen-bond acceptors (Lipinski definition) is 4. The largest absolute Gasteiger partial charge is 0.352 e. The lowest BCUT2D eigenvalue weighted by molar-refractivity contribution is -0.150. The van der Waals surface area contributed by atoms with E-state index in [1.165, 1.54) is 0 Å². The average molecular weight is 215 g/mol. The van der Waals surface area contributed by atoms with Crippen LogP contribution < -0.4 is 0 Å². The maximum atomic E-state index is 11.1. The molecule has 1 heterocycles. The molecule has 0 aliphatic carbocycles. The molecule has 1 aliphatic heterocycles. The number of likely N-dealkylation sites (tertiary alicyclic amines) is 1. The van der Waals surface area contributed by atoms with Gasteiger partial charge in [-0.3, -0.25) is 9.69 Å². The maximum absolute atomic E-state index is 11.1. The summed E-state index contributed by atoms with van der Waals surface area (Å²) in [6, 6.07) is 0. The van der Waals surface area contributed by atoms with Crippen molar-refractivity contribution in [3.8, 4) is 0 Å². The van der Waals surface area contributed by atoms with E-state index in [4.69, 9.17) is 9.47 Å². The predicted octanol–water partition coefficient (Wildman–Crippen LogP) is 1.05. The summed E-state index contributed by atoms with van der Waals surface area (Å²) in [5.41, 5.74) is 0. The number of rotatable bonds is 6. The number of piperidine rings is 1. The van der Waals surface area contributed by atoms with Gasteiger partial charge < -0.3 is 9.47 Å². The van der Waals surface area contributed by atoms with Gasteiger partial charge >= 0.3 is 0 Å². The van der Waals surface area contributed by atoms with E-state index in [2.05, 4.69) is 4.90 Å². The summed E-state index contributed by atoms with van der Waals surface area (Å²) >= 11 is 0. The first kappa shape index (κ1) is 12.6. The van der Waals surface area contributed by atoms with E-state index in [0.717, 1.165) is 19.6 Å². The number of ether oxygens (including phenoxy) is 2. The van der Waals surface area contributed by atoms with Gasteiger partial charge in [-0.05, 0) is 13.8 Å². The van der Waals surface area contributed by atoms with Crippen LogP contribution in [0.25, 0.3) is 0 Å². The third-order valence-corrected chi connectivity index (χ3v) is 2.53. The molecule has 0 aromatic carbocycles. The van der Waals surface area contributed by atoms with Crippen molar-refractivity contribution in [2.75, 3.05) is 32.8 Å². The molecule has 1 aliphatic rings. The third kappa shape index (κ3) is 4.73. The topological polar surface area (TPSA) is 38.8 Å². The Morgan fingerprint density at radius 1 is 1.20 bits per heavy atom. The van der Waals surface area contributed by atoms with Gasteiger partial charge in [0.1, 0.15) is 5.78 Å². The van der Waals surface area contributed by atoms with Crippen molar-refractivity contribution < 1.29 is 14.3 Å². The Morgan fingerprint density at radius 3 is 2.20 bits per heavy atom. The average Bonchev–Trinajstić information content (AvgIpc) is 2.22.